The Kier molecular flexibility index (Phi) is 9.14. The Balaban J connectivity index is 1.33. The maximum atomic E-state index is 12.8. The van der Waals surface area contributed by atoms with Crippen molar-refractivity contribution >= 4 is 57.2 Å². The van der Waals surface area contributed by atoms with Gasteiger partial charge in [0.1, 0.15) is 18.4 Å². The molecule has 0 aromatic heterocycles. The first kappa shape index (κ1) is 27.8. The van der Waals surface area contributed by atoms with E-state index in [0.29, 0.717) is 37.3 Å². The van der Waals surface area contributed by atoms with Crippen molar-refractivity contribution in [1.82, 2.24) is 10.7 Å². The van der Waals surface area contributed by atoms with Crippen LogP contribution in [0.2, 0.25) is 10.0 Å². The molecule has 0 saturated heterocycles. The smallest absolute Gasteiger partial charge is 0.262 e. The van der Waals surface area contributed by atoms with Crippen molar-refractivity contribution in [3.8, 4) is 17.2 Å². The number of rotatable bonds is 9. The lowest BCUT2D eigenvalue weighted by Gasteiger charge is -2.20. The molecular formula is C27H24BrCl2N3O5. The summed E-state index contributed by atoms with van der Waals surface area (Å²) < 4.78 is 17.1. The van der Waals surface area contributed by atoms with Gasteiger partial charge in [0.25, 0.3) is 11.8 Å². The number of fused-ring (bicyclic) bond motifs is 1. The summed E-state index contributed by atoms with van der Waals surface area (Å²) in [5.41, 5.74) is 4.39. The lowest BCUT2D eigenvalue weighted by molar-refractivity contribution is -0.123. The van der Waals surface area contributed by atoms with Crippen molar-refractivity contribution in [3.05, 3.63) is 85.8 Å². The molecular weight excluding hydrogens is 597 g/mol. The molecule has 1 atom stereocenters. The second-order valence-electron chi connectivity index (χ2n) is 8.71. The van der Waals surface area contributed by atoms with Crippen LogP contribution in [-0.4, -0.2) is 30.9 Å². The fourth-order valence-electron chi connectivity index (χ4n) is 3.55. The van der Waals surface area contributed by atoms with Crippen LogP contribution in [0.3, 0.4) is 0 Å². The van der Waals surface area contributed by atoms with E-state index in [1.807, 2.05) is 19.9 Å². The predicted octanol–water partition coefficient (Wildman–Crippen LogP) is 5.97. The summed E-state index contributed by atoms with van der Waals surface area (Å²) in [6.45, 7) is 4.05. The third-order valence-corrected chi connectivity index (χ3v) is 6.82. The van der Waals surface area contributed by atoms with Gasteiger partial charge in [0.05, 0.1) is 10.7 Å². The van der Waals surface area contributed by atoms with Gasteiger partial charge in [0, 0.05) is 21.2 Å². The number of hydrogen-bond acceptors (Lipinski definition) is 6. The van der Waals surface area contributed by atoms with Gasteiger partial charge in [-0.25, -0.2) is 5.43 Å². The molecule has 8 nitrogen and oxygen atoms in total. The number of halogens is 3. The molecule has 2 N–H and O–H groups in total. The average Bonchev–Trinajstić information content (AvgIpc) is 3.35. The van der Waals surface area contributed by atoms with Gasteiger partial charge >= 0.3 is 0 Å². The first-order valence-corrected chi connectivity index (χ1v) is 13.2. The molecule has 198 valence electrons. The molecule has 1 heterocycles. The van der Waals surface area contributed by atoms with Crippen molar-refractivity contribution < 1.29 is 23.8 Å². The summed E-state index contributed by atoms with van der Waals surface area (Å²) >= 11 is 15.6. The van der Waals surface area contributed by atoms with Gasteiger partial charge in [-0.2, -0.15) is 5.10 Å². The summed E-state index contributed by atoms with van der Waals surface area (Å²) in [5, 5.41) is 7.90. The van der Waals surface area contributed by atoms with Crippen LogP contribution >= 0.6 is 39.1 Å². The van der Waals surface area contributed by atoms with Crippen molar-refractivity contribution in [3.63, 3.8) is 0 Å². The number of carbonyl (C=O) groups excluding carboxylic acids is 2. The Hall–Kier alpha value is -3.27. The second-order valence-corrected chi connectivity index (χ2v) is 10.4. The molecule has 11 heteroatoms. The molecule has 0 fully saturated rings. The molecule has 0 radical (unpaired) electrons. The first-order valence-electron chi connectivity index (χ1n) is 11.6. The van der Waals surface area contributed by atoms with Crippen LogP contribution in [-0.2, 0) is 11.4 Å². The molecule has 1 unspecified atom stereocenters. The van der Waals surface area contributed by atoms with Crippen LogP contribution in [0, 0.1) is 5.92 Å². The van der Waals surface area contributed by atoms with Gasteiger partial charge in [-0.3, -0.25) is 9.59 Å². The third kappa shape index (κ3) is 6.98. The summed E-state index contributed by atoms with van der Waals surface area (Å²) in [4.78, 5) is 25.5. The molecule has 3 aromatic carbocycles. The zero-order chi connectivity index (χ0) is 27.2. The number of ether oxygens (including phenoxy) is 3. The van der Waals surface area contributed by atoms with Gasteiger partial charge in [-0.1, -0.05) is 43.1 Å². The molecule has 4 rings (SSSR count). The van der Waals surface area contributed by atoms with Gasteiger partial charge in [0.2, 0.25) is 6.79 Å². The highest BCUT2D eigenvalue weighted by molar-refractivity contribution is 9.10. The van der Waals surface area contributed by atoms with Crippen LogP contribution in [0.1, 0.15) is 35.3 Å². The van der Waals surface area contributed by atoms with Crippen LogP contribution in [0.15, 0.2) is 64.2 Å². The topological polar surface area (TPSA) is 98.2 Å². The number of nitrogens with one attached hydrogen (secondary N) is 2. The van der Waals surface area contributed by atoms with Crippen molar-refractivity contribution in [2.45, 2.75) is 26.5 Å². The van der Waals surface area contributed by atoms with Gasteiger partial charge in [-0.15, -0.1) is 0 Å². The molecule has 0 bridgehead atoms. The molecule has 0 spiro atoms. The Morgan fingerprint density at radius 3 is 2.61 bits per heavy atom. The van der Waals surface area contributed by atoms with E-state index in [1.165, 1.54) is 6.21 Å². The number of carbonyl (C=O) groups is 2. The number of amides is 2. The summed E-state index contributed by atoms with van der Waals surface area (Å²) in [7, 11) is 0. The molecule has 1 aliphatic heterocycles. The molecule has 2 amide bonds. The normalized spacial score (nSPS) is 13.0. The lowest BCUT2D eigenvalue weighted by Crippen LogP contribution is -2.48. The fourth-order valence-corrected chi connectivity index (χ4v) is 4.52. The van der Waals surface area contributed by atoms with E-state index in [9.17, 15) is 9.59 Å². The van der Waals surface area contributed by atoms with E-state index in [4.69, 9.17) is 37.4 Å². The van der Waals surface area contributed by atoms with Gasteiger partial charge < -0.3 is 19.5 Å². The zero-order valence-corrected chi connectivity index (χ0v) is 23.6. The lowest BCUT2D eigenvalue weighted by atomic mass is 10.0. The Morgan fingerprint density at radius 1 is 1.08 bits per heavy atom. The van der Waals surface area contributed by atoms with Crippen LogP contribution in [0.25, 0.3) is 0 Å². The Bertz CT molecular complexity index is 1380. The van der Waals surface area contributed by atoms with E-state index in [-0.39, 0.29) is 19.3 Å². The molecule has 3 aromatic rings. The van der Waals surface area contributed by atoms with E-state index in [2.05, 4.69) is 31.8 Å². The minimum absolute atomic E-state index is 0.111. The average molecular weight is 621 g/mol. The molecule has 0 saturated carbocycles. The minimum Gasteiger partial charge on any atom is -0.488 e. The molecule has 1 aliphatic rings. The summed E-state index contributed by atoms with van der Waals surface area (Å²) in [6.07, 6.45) is 1.50. The third-order valence-electron chi connectivity index (χ3n) is 5.61. The number of hydrazone groups is 1. The Labute approximate surface area is 238 Å². The molecule has 38 heavy (non-hydrogen) atoms. The largest absolute Gasteiger partial charge is 0.488 e. The quantitative estimate of drug-likeness (QED) is 0.227. The fraction of sp³-hybridized carbons (Fsp3) is 0.222. The van der Waals surface area contributed by atoms with E-state index >= 15 is 0 Å². The first-order chi connectivity index (χ1) is 18.2. The number of hydrogen-bond donors (Lipinski definition) is 2. The highest BCUT2D eigenvalue weighted by Gasteiger charge is 2.25. The van der Waals surface area contributed by atoms with Gasteiger partial charge in [0.15, 0.2) is 11.5 Å². The van der Waals surface area contributed by atoms with Gasteiger partial charge in [-0.05, 0) is 75.9 Å². The molecule has 0 aliphatic carbocycles. The summed E-state index contributed by atoms with van der Waals surface area (Å²) in [5.74, 6) is 0.659. The predicted molar refractivity (Wildman–Crippen MR) is 149 cm³/mol. The van der Waals surface area contributed by atoms with E-state index < -0.39 is 17.9 Å². The van der Waals surface area contributed by atoms with Crippen molar-refractivity contribution in [2.75, 3.05) is 6.79 Å². The van der Waals surface area contributed by atoms with E-state index in [0.717, 1.165) is 11.1 Å². The number of nitrogens with zero attached hydrogens (tertiary/aromatic N) is 1. The maximum Gasteiger partial charge on any atom is 0.262 e. The monoisotopic (exact) mass is 619 g/mol. The standard InChI is InChI=1S/C27H24BrCl2N3O5/c1-15(2)25(32-26(34)17-5-8-23-24(10-17)38-14-37-23)27(35)33-31-12-16-3-7-22(20(28)9-16)36-13-18-4-6-19(29)11-21(18)30/h3-12,15,25H,13-14H2,1-2H3,(H,32,34)(H,33,35)/b31-12+. The minimum atomic E-state index is -0.799. The zero-order valence-electron chi connectivity index (χ0n) is 20.5. The highest BCUT2D eigenvalue weighted by Crippen LogP contribution is 2.32. The van der Waals surface area contributed by atoms with E-state index in [1.54, 1.807) is 48.5 Å². The maximum absolute atomic E-state index is 12.8. The van der Waals surface area contributed by atoms with Crippen molar-refractivity contribution in [1.29, 1.82) is 0 Å². The van der Waals surface area contributed by atoms with Crippen LogP contribution < -0.4 is 25.0 Å². The van der Waals surface area contributed by atoms with Crippen LogP contribution in [0.4, 0.5) is 0 Å². The van der Waals surface area contributed by atoms with Crippen LogP contribution in [0.5, 0.6) is 17.2 Å². The number of benzene rings is 3. The van der Waals surface area contributed by atoms with Crippen molar-refractivity contribution in [2.24, 2.45) is 11.0 Å². The SMILES string of the molecule is CC(C)C(NC(=O)c1ccc2c(c1)OCO2)C(=O)N/N=C/c1ccc(OCc2ccc(Cl)cc2Cl)c(Br)c1. The summed E-state index contributed by atoms with van der Waals surface area (Å²) in [6, 6.07) is 14.7. The second kappa shape index (κ2) is 12.5. The highest BCUT2D eigenvalue weighted by atomic mass is 79.9. The Morgan fingerprint density at radius 2 is 1.87 bits per heavy atom.